The van der Waals surface area contributed by atoms with E-state index >= 15 is 0 Å². The van der Waals surface area contributed by atoms with E-state index in [9.17, 15) is 0 Å². The fraction of sp³-hybridized carbons (Fsp3) is 0.727. The van der Waals surface area contributed by atoms with Gasteiger partial charge in [-0.1, -0.05) is 26.0 Å². The average molecular weight is 348 g/mol. The molecule has 142 valence electrons. The quantitative estimate of drug-likeness (QED) is 0.727. The standard InChI is InChI=1S/C22H38N2O/c1-17(2)21(19-12-14-25-22(3,4)15-19)11-13-23-16-18-7-9-20(10-8-18)24(5)6/h7-10,17,19,21,23H,11-16H2,1-6H3/p+1/t19-,21+/m1/s1. The number of rotatable bonds is 8. The Labute approximate surface area is 155 Å². The van der Waals surface area contributed by atoms with E-state index in [1.54, 1.807) is 0 Å². The number of ether oxygens (including phenoxy) is 1. The fourth-order valence-electron chi connectivity index (χ4n) is 4.27. The van der Waals surface area contributed by atoms with Crippen LogP contribution in [-0.2, 0) is 11.3 Å². The normalized spacial score (nSPS) is 21.3. The number of nitrogens with zero attached hydrogens (tertiary/aromatic N) is 1. The van der Waals surface area contributed by atoms with Crippen LogP contribution in [0.5, 0.6) is 0 Å². The van der Waals surface area contributed by atoms with Gasteiger partial charge in [0.2, 0.25) is 0 Å². The Morgan fingerprint density at radius 3 is 2.44 bits per heavy atom. The van der Waals surface area contributed by atoms with Crippen molar-refractivity contribution in [2.75, 3.05) is 32.1 Å². The van der Waals surface area contributed by atoms with Crippen LogP contribution in [0.15, 0.2) is 24.3 Å². The zero-order chi connectivity index (χ0) is 18.4. The number of nitrogens with two attached hydrogens (primary N) is 1. The SMILES string of the molecule is CC(C)[C@H](CC[NH2+]Cc1ccc(N(C)C)cc1)[C@@H]1CCOC(C)(C)C1. The van der Waals surface area contributed by atoms with Gasteiger partial charge in [0.15, 0.2) is 0 Å². The van der Waals surface area contributed by atoms with Crippen LogP contribution in [0.1, 0.15) is 52.5 Å². The maximum atomic E-state index is 5.92. The molecule has 3 heteroatoms. The summed E-state index contributed by atoms with van der Waals surface area (Å²) in [5.41, 5.74) is 2.75. The smallest absolute Gasteiger partial charge is 0.101 e. The van der Waals surface area contributed by atoms with E-state index in [2.05, 4.69) is 76.3 Å². The van der Waals surface area contributed by atoms with E-state index < -0.39 is 0 Å². The van der Waals surface area contributed by atoms with Gasteiger partial charge >= 0.3 is 0 Å². The third-order valence-corrected chi connectivity index (χ3v) is 5.73. The molecule has 0 spiro atoms. The summed E-state index contributed by atoms with van der Waals surface area (Å²) in [5, 5.41) is 2.48. The van der Waals surface area contributed by atoms with E-state index in [1.807, 2.05) is 0 Å². The van der Waals surface area contributed by atoms with Crippen molar-refractivity contribution >= 4 is 5.69 Å². The van der Waals surface area contributed by atoms with Crippen molar-refractivity contribution in [2.24, 2.45) is 17.8 Å². The highest BCUT2D eigenvalue weighted by molar-refractivity contribution is 5.45. The van der Waals surface area contributed by atoms with E-state index in [4.69, 9.17) is 4.74 Å². The van der Waals surface area contributed by atoms with Gasteiger partial charge in [-0.05, 0) is 63.0 Å². The van der Waals surface area contributed by atoms with Gasteiger partial charge in [-0.25, -0.2) is 0 Å². The molecule has 1 heterocycles. The van der Waals surface area contributed by atoms with Gasteiger partial charge in [0, 0.05) is 32.0 Å². The molecule has 0 unspecified atom stereocenters. The molecule has 1 saturated heterocycles. The van der Waals surface area contributed by atoms with Crippen LogP contribution in [0.3, 0.4) is 0 Å². The van der Waals surface area contributed by atoms with Gasteiger partial charge in [-0.15, -0.1) is 0 Å². The second-order valence-corrected chi connectivity index (χ2v) is 8.90. The molecule has 2 atom stereocenters. The summed E-state index contributed by atoms with van der Waals surface area (Å²) in [6.45, 7) is 12.5. The highest BCUT2D eigenvalue weighted by atomic mass is 16.5. The summed E-state index contributed by atoms with van der Waals surface area (Å²) in [6, 6.07) is 8.94. The minimum atomic E-state index is 0.0634. The highest BCUT2D eigenvalue weighted by Crippen LogP contribution is 2.37. The van der Waals surface area contributed by atoms with Crippen LogP contribution < -0.4 is 10.2 Å². The summed E-state index contributed by atoms with van der Waals surface area (Å²) in [7, 11) is 4.18. The van der Waals surface area contributed by atoms with Gasteiger partial charge in [0.1, 0.15) is 6.54 Å². The van der Waals surface area contributed by atoms with Crippen LogP contribution in [-0.4, -0.2) is 32.8 Å². The molecule has 0 aromatic heterocycles. The van der Waals surface area contributed by atoms with Crippen molar-refractivity contribution in [2.45, 2.75) is 59.1 Å². The lowest BCUT2D eigenvalue weighted by atomic mass is 9.73. The largest absolute Gasteiger partial charge is 0.378 e. The minimum Gasteiger partial charge on any atom is -0.378 e. The molecule has 1 fully saturated rings. The Kier molecular flexibility index (Phi) is 7.33. The number of anilines is 1. The Morgan fingerprint density at radius 2 is 1.88 bits per heavy atom. The van der Waals surface area contributed by atoms with Crippen molar-refractivity contribution < 1.29 is 10.1 Å². The maximum absolute atomic E-state index is 5.92. The molecule has 0 radical (unpaired) electrons. The Morgan fingerprint density at radius 1 is 1.20 bits per heavy atom. The molecule has 25 heavy (non-hydrogen) atoms. The molecular weight excluding hydrogens is 308 g/mol. The van der Waals surface area contributed by atoms with Gasteiger partial charge in [-0.2, -0.15) is 0 Å². The first-order chi connectivity index (χ1) is 11.8. The predicted molar refractivity (Wildman–Crippen MR) is 107 cm³/mol. The van der Waals surface area contributed by atoms with Crippen molar-refractivity contribution in [3.63, 3.8) is 0 Å². The van der Waals surface area contributed by atoms with E-state index in [-0.39, 0.29) is 5.60 Å². The predicted octanol–water partition coefficient (Wildman–Crippen LogP) is 3.68. The first kappa shape index (κ1) is 20.3. The second-order valence-electron chi connectivity index (χ2n) is 8.90. The highest BCUT2D eigenvalue weighted by Gasteiger charge is 2.34. The lowest BCUT2D eigenvalue weighted by molar-refractivity contribution is -0.671. The van der Waals surface area contributed by atoms with E-state index in [1.165, 1.54) is 37.1 Å². The number of hydrogen-bond acceptors (Lipinski definition) is 2. The zero-order valence-electron chi connectivity index (χ0n) is 17.2. The minimum absolute atomic E-state index is 0.0634. The molecule has 0 aliphatic carbocycles. The lowest BCUT2D eigenvalue weighted by Gasteiger charge is -2.40. The molecule has 1 aromatic rings. The van der Waals surface area contributed by atoms with Crippen LogP contribution in [0.4, 0.5) is 5.69 Å². The molecule has 1 aliphatic heterocycles. The van der Waals surface area contributed by atoms with Crippen molar-refractivity contribution in [3.8, 4) is 0 Å². The van der Waals surface area contributed by atoms with Crippen molar-refractivity contribution in [1.82, 2.24) is 0 Å². The summed E-state index contributed by atoms with van der Waals surface area (Å²) < 4.78 is 5.92. The molecule has 0 saturated carbocycles. The topological polar surface area (TPSA) is 29.1 Å². The van der Waals surface area contributed by atoms with E-state index in [0.717, 1.165) is 30.9 Å². The first-order valence-electron chi connectivity index (χ1n) is 10.0. The molecule has 3 nitrogen and oxygen atoms in total. The third-order valence-electron chi connectivity index (χ3n) is 5.73. The van der Waals surface area contributed by atoms with Gasteiger partial charge in [0.25, 0.3) is 0 Å². The molecule has 0 amide bonds. The molecule has 1 aromatic carbocycles. The Bertz CT molecular complexity index is 507. The number of hydrogen-bond donors (Lipinski definition) is 1. The van der Waals surface area contributed by atoms with Crippen LogP contribution >= 0.6 is 0 Å². The monoisotopic (exact) mass is 347 g/mol. The number of quaternary nitrogens is 1. The summed E-state index contributed by atoms with van der Waals surface area (Å²) >= 11 is 0. The molecule has 1 aliphatic rings. The average Bonchev–Trinajstić information content (AvgIpc) is 2.53. The van der Waals surface area contributed by atoms with E-state index in [0.29, 0.717) is 0 Å². The summed E-state index contributed by atoms with van der Waals surface area (Å²) in [6.07, 6.45) is 3.76. The van der Waals surface area contributed by atoms with Gasteiger partial charge in [-0.3, -0.25) is 0 Å². The molecule has 2 N–H and O–H groups in total. The maximum Gasteiger partial charge on any atom is 0.101 e. The van der Waals surface area contributed by atoms with Crippen molar-refractivity contribution in [3.05, 3.63) is 29.8 Å². The van der Waals surface area contributed by atoms with Crippen LogP contribution in [0, 0.1) is 17.8 Å². The molecular formula is C22H39N2O+. The second kappa shape index (κ2) is 9.05. The van der Waals surface area contributed by atoms with Gasteiger partial charge in [0.05, 0.1) is 12.1 Å². The van der Waals surface area contributed by atoms with Crippen molar-refractivity contribution in [1.29, 1.82) is 0 Å². The Hall–Kier alpha value is -1.06. The molecule has 2 rings (SSSR count). The zero-order valence-corrected chi connectivity index (χ0v) is 17.2. The third kappa shape index (κ3) is 6.31. The Balaban J connectivity index is 1.79. The van der Waals surface area contributed by atoms with Crippen LogP contribution in [0.2, 0.25) is 0 Å². The summed E-state index contributed by atoms with van der Waals surface area (Å²) in [5.74, 6) is 2.39. The van der Waals surface area contributed by atoms with Gasteiger partial charge < -0.3 is 15.0 Å². The van der Waals surface area contributed by atoms with Crippen LogP contribution in [0.25, 0.3) is 0 Å². The summed E-state index contributed by atoms with van der Waals surface area (Å²) in [4.78, 5) is 2.15. The first-order valence-corrected chi connectivity index (χ1v) is 10.0. The number of benzene rings is 1. The lowest BCUT2D eigenvalue weighted by Crippen LogP contribution is -2.82. The molecule has 0 bridgehead atoms. The fourth-order valence-corrected chi connectivity index (χ4v) is 4.27.